The molecule has 50 valence electrons. The first-order valence-electron chi connectivity index (χ1n) is 3.05. The Kier molecular flexibility index (Phi) is 1.65. The number of allylic oxidation sites excluding steroid dienone is 2. The molecule has 1 rings (SSSR count). The van der Waals surface area contributed by atoms with Crippen molar-refractivity contribution in [2.75, 3.05) is 0 Å². The zero-order valence-electron chi connectivity index (χ0n) is 5.36. The molecule has 1 fully saturated rings. The number of alkyl halides is 1. The summed E-state index contributed by atoms with van der Waals surface area (Å²) in [4.78, 5) is 10.3. The van der Waals surface area contributed by atoms with Gasteiger partial charge in [0.25, 0.3) is 0 Å². The van der Waals surface area contributed by atoms with Gasteiger partial charge in [-0.05, 0) is 31.4 Å². The number of rotatable bonds is 1. The van der Waals surface area contributed by atoms with Crippen molar-refractivity contribution in [1.82, 2.24) is 0 Å². The monoisotopic (exact) mass is 128 g/mol. The molecule has 0 amide bonds. The minimum atomic E-state index is -0.825. The number of carbonyl (C=O) groups is 1. The van der Waals surface area contributed by atoms with Crippen LogP contribution >= 0.6 is 0 Å². The highest BCUT2D eigenvalue weighted by atomic mass is 19.1. The Labute approximate surface area is 53.6 Å². The molecular formula is C7H9FO. The average Bonchev–Trinajstić information content (AvgIpc) is 1.79. The molecule has 2 heteroatoms. The van der Waals surface area contributed by atoms with E-state index in [-0.39, 0.29) is 5.78 Å². The van der Waals surface area contributed by atoms with E-state index >= 15 is 0 Å². The largest absolute Gasteiger partial charge is 0.295 e. The van der Waals surface area contributed by atoms with Crippen LogP contribution in [0, 0.1) is 0 Å². The third-order valence-electron chi connectivity index (χ3n) is 1.48. The fourth-order valence-corrected chi connectivity index (χ4v) is 0.844. The lowest BCUT2D eigenvalue weighted by Gasteiger charge is -2.21. The second kappa shape index (κ2) is 2.29. The lowest BCUT2D eigenvalue weighted by molar-refractivity contribution is -0.112. The van der Waals surface area contributed by atoms with Gasteiger partial charge in [0.05, 0.1) is 0 Å². The molecule has 1 atom stereocenters. The molecule has 0 spiro atoms. The molecule has 1 saturated carbocycles. The summed E-state index contributed by atoms with van der Waals surface area (Å²) < 4.78 is 12.3. The van der Waals surface area contributed by atoms with Gasteiger partial charge in [-0.25, -0.2) is 4.39 Å². The van der Waals surface area contributed by atoms with Crippen molar-refractivity contribution in [2.45, 2.75) is 25.9 Å². The SMILES string of the molecule is CC(=O)C=C1CCC1F. The predicted molar refractivity (Wildman–Crippen MR) is 32.9 cm³/mol. The first-order valence-corrected chi connectivity index (χ1v) is 3.05. The van der Waals surface area contributed by atoms with Gasteiger partial charge in [-0.1, -0.05) is 0 Å². The minimum Gasteiger partial charge on any atom is -0.295 e. The molecule has 1 aliphatic carbocycles. The first kappa shape index (κ1) is 6.46. The third kappa shape index (κ3) is 1.37. The summed E-state index contributed by atoms with van der Waals surface area (Å²) in [5.41, 5.74) is 0.669. The van der Waals surface area contributed by atoms with E-state index in [9.17, 15) is 9.18 Å². The molecule has 0 bridgehead atoms. The third-order valence-corrected chi connectivity index (χ3v) is 1.48. The number of carbonyl (C=O) groups excluding carboxylic acids is 1. The van der Waals surface area contributed by atoms with Crippen LogP contribution in [0.25, 0.3) is 0 Å². The van der Waals surface area contributed by atoms with Crippen LogP contribution in [-0.2, 0) is 4.79 Å². The first-order chi connectivity index (χ1) is 4.20. The Morgan fingerprint density at radius 3 is 2.67 bits per heavy atom. The van der Waals surface area contributed by atoms with E-state index in [0.717, 1.165) is 6.42 Å². The van der Waals surface area contributed by atoms with Crippen LogP contribution in [0.5, 0.6) is 0 Å². The molecule has 0 aliphatic heterocycles. The summed E-state index contributed by atoms with van der Waals surface area (Å²) in [5.74, 6) is -0.0487. The van der Waals surface area contributed by atoms with Crippen LogP contribution in [0.2, 0.25) is 0 Å². The zero-order valence-corrected chi connectivity index (χ0v) is 5.36. The number of ketones is 1. The topological polar surface area (TPSA) is 17.1 Å². The van der Waals surface area contributed by atoms with Gasteiger partial charge in [0.2, 0.25) is 0 Å². The quantitative estimate of drug-likeness (QED) is 0.490. The zero-order chi connectivity index (χ0) is 6.85. The molecular weight excluding hydrogens is 119 g/mol. The van der Waals surface area contributed by atoms with Gasteiger partial charge in [-0.15, -0.1) is 0 Å². The molecule has 0 aromatic rings. The normalized spacial score (nSPS) is 30.0. The summed E-state index contributed by atoms with van der Waals surface area (Å²) in [6.45, 7) is 1.44. The highest BCUT2D eigenvalue weighted by Gasteiger charge is 2.22. The number of hydrogen-bond acceptors (Lipinski definition) is 1. The van der Waals surface area contributed by atoms with Gasteiger partial charge < -0.3 is 0 Å². The Morgan fingerprint density at radius 2 is 2.56 bits per heavy atom. The summed E-state index contributed by atoms with van der Waals surface area (Å²) in [6.07, 6.45) is 1.93. The van der Waals surface area contributed by atoms with E-state index in [1.165, 1.54) is 13.0 Å². The lowest BCUT2D eigenvalue weighted by Crippen LogP contribution is -2.16. The van der Waals surface area contributed by atoms with Crippen molar-refractivity contribution in [1.29, 1.82) is 0 Å². The smallest absolute Gasteiger partial charge is 0.152 e. The summed E-state index contributed by atoms with van der Waals surface area (Å²) >= 11 is 0. The maximum absolute atomic E-state index is 12.3. The summed E-state index contributed by atoms with van der Waals surface area (Å²) in [5, 5.41) is 0. The van der Waals surface area contributed by atoms with Gasteiger partial charge >= 0.3 is 0 Å². The molecule has 0 radical (unpaired) electrons. The Morgan fingerprint density at radius 1 is 1.89 bits per heavy atom. The van der Waals surface area contributed by atoms with Crippen LogP contribution in [-0.4, -0.2) is 12.0 Å². The predicted octanol–water partition coefficient (Wildman–Crippen LogP) is 1.63. The van der Waals surface area contributed by atoms with Gasteiger partial charge in [0.1, 0.15) is 6.17 Å². The molecule has 0 aromatic heterocycles. The van der Waals surface area contributed by atoms with E-state index in [0.29, 0.717) is 12.0 Å². The highest BCUT2D eigenvalue weighted by molar-refractivity contribution is 5.88. The van der Waals surface area contributed by atoms with Crippen molar-refractivity contribution in [3.05, 3.63) is 11.6 Å². The molecule has 0 heterocycles. The van der Waals surface area contributed by atoms with Gasteiger partial charge in [0.15, 0.2) is 5.78 Å². The van der Waals surface area contributed by atoms with Crippen LogP contribution in [0.4, 0.5) is 4.39 Å². The van der Waals surface area contributed by atoms with E-state index < -0.39 is 6.17 Å². The van der Waals surface area contributed by atoms with E-state index in [1.54, 1.807) is 0 Å². The molecule has 0 saturated heterocycles. The lowest BCUT2D eigenvalue weighted by atomic mass is 9.89. The van der Waals surface area contributed by atoms with Crippen molar-refractivity contribution in [3.8, 4) is 0 Å². The second-order valence-electron chi connectivity index (χ2n) is 2.34. The van der Waals surface area contributed by atoms with Gasteiger partial charge in [-0.2, -0.15) is 0 Å². The molecule has 1 unspecified atom stereocenters. The molecule has 9 heavy (non-hydrogen) atoms. The molecule has 0 N–H and O–H groups in total. The van der Waals surface area contributed by atoms with Crippen LogP contribution in [0.1, 0.15) is 19.8 Å². The van der Waals surface area contributed by atoms with Crippen molar-refractivity contribution in [3.63, 3.8) is 0 Å². The fourth-order valence-electron chi connectivity index (χ4n) is 0.844. The minimum absolute atomic E-state index is 0.0487. The van der Waals surface area contributed by atoms with Crippen LogP contribution < -0.4 is 0 Å². The van der Waals surface area contributed by atoms with Crippen LogP contribution in [0.15, 0.2) is 11.6 Å². The van der Waals surface area contributed by atoms with E-state index in [1.807, 2.05) is 0 Å². The van der Waals surface area contributed by atoms with Gasteiger partial charge in [0, 0.05) is 0 Å². The van der Waals surface area contributed by atoms with Gasteiger partial charge in [-0.3, -0.25) is 4.79 Å². The summed E-state index contributed by atoms with van der Waals surface area (Å²) in [7, 11) is 0. The Bertz CT molecular complexity index is 160. The van der Waals surface area contributed by atoms with Crippen LogP contribution in [0.3, 0.4) is 0 Å². The van der Waals surface area contributed by atoms with E-state index in [4.69, 9.17) is 0 Å². The Balaban J connectivity index is 2.51. The maximum Gasteiger partial charge on any atom is 0.152 e. The average molecular weight is 128 g/mol. The number of halogens is 1. The molecule has 0 aromatic carbocycles. The highest BCUT2D eigenvalue weighted by Crippen LogP contribution is 2.28. The fraction of sp³-hybridized carbons (Fsp3) is 0.571. The van der Waals surface area contributed by atoms with E-state index in [2.05, 4.69) is 0 Å². The standard InChI is InChI=1S/C7H9FO/c1-5(9)4-6-2-3-7(6)8/h4,7H,2-3H2,1H3. The molecule has 1 nitrogen and oxygen atoms in total. The molecule has 1 aliphatic rings. The van der Waals surface area contributed by atoms with Crippen molar-refractivity contribution in [2.24, 2.45) is 0 Å². The summed E-state index contributed by atoms with van der Waals surface area (Å²) in [6, 6.07) is 0. The van der Waals surface area contributed by atoms with Crippen molar-refractivity contribution < 1.29 is 9.18 Å². The van der Waals surface area contributed by atoms with Crippen molar-refractivity contribution >= 4 is 5.78 Å². The number of hydrogen-bond donors (Lipinski definition) is 0. The second-order valence-corrected chi connectivity index (χ2v) is 2.34. The Hall–Kier alpha value is -0.660. The maximum atomic E-state index is 12.3.